The molecule has 2 aromatic carbocycles. The molecule has 0 aliphatic carbocycles. The second-order valence-electron chi connectivity index (χ2n) is 9.66. The lowest BCUT2D eigenvalue weighted by atomic mass is 10.2. The Morgan fingerprint density at radius 1 is 0.614 bits per heavy atom. The van der Waals surface area contributed by atoms with E-state index in [2.05, 4.69) is 20.4 Å². The molecule has 1 aliphatic heterocycles. The Hall–Kier alpha value is -4.00. The molecule has 44 heavy (non-hydrogen) atoms. The maximum atomic E-state index is 13.7. The highest BCUT2D eigenvalue weighted by Crippen LogP contribution is 2.29. The molecule has 0 N–H and O–H groups in total. The van der Waals surface area contributed by atoms with E-state index in [1.54, 1.807) is 60.7 Å². The number of piperazine rings is 1. The zero-order valence-corrected chi connectivity index (χ0v) is 24.4. The lowest BCUT2D eigenvalue weighted by Crippen LogP contribution is -2.47. The fourth-order valence-electron chi connectivity index (χ4n) is 4.32. The van der Waals surface area contributed by atoms with Crippen LogP contribution in [0.2, 0.25) is 0 Å². The second-order valence-corrected chi connectivity index (χ2v) is 10.4. The molecule has 2 aromatic heterocycles. The smallest absolute Gasteiger partial charge is 0.282 e. The summed E-state index contributed by atoms with van der Waals surface area (Å²) in [6.07, 6.45) is -7.07. The normalized spacial score (nSPS) is 15.6. The summed E-state index contributed by atoms with van der Waals surface area (Å²) in [5, 5.41) is 15.2. The van der Waals surface area contributed by atoms with Crippen LogP contribution in [0, 0.1) is 9.54 Å². The minimum atomic E-state index is -4.80. The van der Waals surface area contributed by atoms with Crippen LogP contribution >= 0.6 is 24.4 Å². The molecule has 0 atom stereocenters. The van der Waals surface area contributed by atoms with Crippen molar-refractivity contribution < 1.29 is 26.3 Å². The van der Waals surface area contributed by atoms with Gasteiger partial charge < -0.3 is 0 Å². The molecule has 10 nitrogen and oxygen atoms in total. The van der Waals surface area contributed by atoms with Crippen molar-refractivity contribution in [1.29, 1.82) is 0 Å². The van der Waals surface area contributed by atoms with Gasteiger partial charge in [-0.15, -0.1) is 10.2 Å². The van der Waals surface area contributed by atoms with Crippen LogP contribution in [-0.4, -0.2) is 77.3 Å². The van der Waals surface area contributed by atoms with Gasteiger partial charge in [-0.1, -0.05) is 60.7 Å². The molecule has 5 rings (SSSR count). The van der Waals surface area contributed by atoms with Crippen LogP contribution in [0.25, 0.3) is 0 Å². The van der Waals surface area contributed by atoms with Crippen LogP contribution in [0.1, 0.15) is 22.8 Å². The van der Waals surface area contributed by atoms with Crippen LogP contribution in [0.4, 0.5) is 26.3 Å². The summed E-state index contributed by atoms with van der Waals surface area (Å²) in [4.78, 5) is 3.65. The molecular weight excluding hydrogens is 630 g/mol. The van der Waals surface area contributed by atoms with Gasteiger partial charge in [0.15, 0.2) is 0 Å². The SMILES string of the molecule is FC(F)(F)c1nn(CN2CCN(Cn3nc(C(F)(F)F)n(/N=C/c4ccccc4)c3=S)CC2)c(=S)n1/N=C\c1ccccc1. The lowest BCUT2D eigenvalue weighted by Gasteiger charge is -2.34. The summed E-state index contributed by atoms with van der Waals surface area (Å²) >= 11 is 10.5. The number of aromatic nitrogens is 6. The van der Waals surface area contributed by atoms with Crippen LogP contribution in [0.3, 0.4) is 0 Å². The maximum absolute atomic E-state index is 13.7. The average molecular weight is 655 g/mol. The number of rotatable bonds is 8. The topological polar surface area (TPSA) is 76.7 Å². The highest BCUT2D eigenvalue weighted by Gasteiger charge is 2.40. The fourth-order valence-corrected chi connectivity index (χ4v) is 4.79. The Morgan fingerprint density at radius 3 is 1.27 bits per heavy atom. The van der Waals surface area contributed by atoms with Crippen molar-refractivity contribution in [1.82, 2.24) is 38.7 Å². The summed E-state index contributed by atoms with van der Waals surface area (Å²) in [5.74, 6) is -2.51. The number of halogens is 6. The zero-order valence-electron chi connectivity index (χ0n) is 22.7. The van der Waals surface area contributed by atoms with E-state index in [0.717, 1.165) is 9.36 Å². The van der Waals surface area contributed by atoms with Gasteiger partial charge in [0.1, 0.15) is 0 Å². The molecule has 0 radical (unpaired) electrons. The second kappa shape index (κ2) is 12.9. The largest absolute Gasteiger partial charge is 0.453 e. The molecule has 1 fully saturated rings. The summed E-state index contributed by atoms with van der Waals surface area (Å²) < 4.78 is 85.2. The first-order valence-corrected chi connectivity index (χ1v) is 13.9. The Labute approximate surface area is 256 Å². The predicted molar refractivity (Wildman–Crippen MR) is 154 cm³/mol. The molecule has 0 unspecified atom stereocenters. The van der Waals surface area contributed by atoms with Gasteiger partial charge >= 0.3 is 12.4 Å². The Morgan fingerprint density at radius 2 is 0.955 bits per heavy atom. The third kappa shape index (κ3) is 7.37. The molecule has 1 aliphatic rings. The summed E-state index contributed by atoms with van der Waals surface area (Å²) in [6.45, 7) is 1.41. The summed E-state index contributed by atoms with van der Waals surface area (Å²) in [5.41, 5.74) is 1.17. The van der Waals surface area contributed by atoms with Gasteiger partial charge in [0, 0.05) is 26.2 Å². The molecule has 232 valence electrons. The number of benzene rings is 2. The van der Waals surface area contributed by atoms with Crippen molar-refractivity contribution in [3.63, 3.8) is 0 Å². The first-order valence-electron chi connectivity index (χ1n) is 13.1. The van der Waals surface area contributed by atoms with Crippen molar-refractivity contribution in [2.45, 2.75) is 25.7 Å². The van der Waals surface area contributed by atoms with Gasteiger partial charge in [0.2, 0.25) is 9.54 Å². The molecule has 0 bridgehead atoms. The minimum Gasteiger partial charge on any atom is -0.282 e. The first kappa shape index (κ1) is 31.4. The molecule has 0 spiro atoms. The number of hydrogen-bond acceptors (Lipinski definition) is 8. The molecule has 0 amide bonds. The van der Waals surface area contributed by atoms with Gasteiger partial charge in [-0.2, -0.15) is 45.9 Å². The van der Waals surface area contributed by atoms with E-state index in [4.69, 9.17) is 24.4 Å². The standard InChI is InChI=1S/C26H24F6N10S2/c27-25(28,29)21-35-39(23(43)41(21)33-15-19-7-3-1-4-8-19)17-37-11-13-38(14-12-37)18-40-24(44)42(22(36-40)26(30,31)32)34-16-20-9-5-2-6-10-20/h1-10,15-16H,11-14,17-18H2/b33-15-,34-16+. The van der Waals surface area contributed by atoms with Crippen LogP contribution < -0.4 is 0 Å². The van der Waals surface area contributed by atoms with E-state index >= 15 is 0 Å². The molecule has 18 heteroatoms. The highest BCUT2D eigenvalue weighted by atomic mass is 32.1. The van der Waals surface area contributed by atoms with Crippen molar-refractivity contribution in [3.8, 4) is 0 Å². The van der Waals surface area contributed by atoms with E-state index in [1.165, 1.54) is 12.4 Å². The number of nitrogens with zero attached hydrogens (tertiary/aromatic N) is 10. The van der Waals surface area contributed by atoms with Gasteiger partial charge in [-0.3, -0.25) is 9.80 Å². The van der Waals surface area contributed by atoms with Gasteiger partial charge in [0.25, 0.3) is 11.6 Å². The number of alkyl halides is 6. The van der Waals surface area contributed by atoms with Crippen molar-refractivity contribution in [2.75, 3.05) is 26.2 Å². The van der Waals surface area contributed by atoms with E-state index in [9.17, 15) is 26.3 Å². The molecular formula is C26H24F6N10S2. The third-order valence-corrected chi connectivity index (χ3v) is 7.29. The first-order chi connectivity index (χ1) is 20.9. The van der Waals surface area contributed by atoms with Gasteiger partial charge in [-0.25, -0.2) is 9.36 Å². The summed E-state index contributed by atoms with van der Waals surface area (Å²) in [7, 11) is 0. The fraction of sp³-hybridized carbons (Fsp3) is 0.308. The highest BCUT2D eigenvalue weighted by molar-refractivity contribution is 7.71. The maximum Gasteiger partial charge on any atom is 0.453 e. The number of hydrogen-bond donors (Lipinski definition) is 0. The third-order valence-electron chi connectivity index (χ3n) is 6.52. The predicted octanol–water partition coefficient (Wildman–Crippen LogP) is 5.18. The van der Waals surface area contributed by atoms with Crippen molar-refractivity contribution in [3.05, 3.63) is 93.0 Å². The zero-order chi connectivity index (χ0) is 31.5. The van der Waals surface area contributed by atoms with E-state index in [1.807, 2.05) is 9.80 Å². The van der Waals surface area contributed by atoms with E-state index < -0.39 is 24.0 Å². The molecule has 1 saturated heterocycles. The molecule has 4 aromatic rings. The van der Waals surface area contributed by atoms with Gasteiger partial charge in [-0.05, 0) is 35.6 Å². The van der Waals surface area contributed by atoms with Crippen molar-refractivity contribution in [2.24, 2.45) is 10.2 Å². The molecule has 3 heterocycles. The Balaban J connectivity index is 1.27. The van der Waals surface area contributed by atoms with Crippen molar-refractivity contribution >= 4 is 36.9 Å². The quantitative estimate of drug-likeness (QED) is 0.148. The molecule has 0 saturated carbocycles. The minimum absolute atomic E-state index is 0.0376. The van der Waals surface area contributed by atoms with Gasteiger partial charge in [0.05, 0.1) is 25.8 Å². The summed E-state index contributed by atoms with van der Waals surface area (Å²) in [6, 6.07) is 17.2. The van der Waals surface area contributed by atoms with E-state index in [-0.39, 0.29) is 22.9 Å². The van der Waals surface area contributed by atoms with Crippen LogP contribution in [-0.2, 0) is 25.7 Å². The van der Waals surface area contributed by atoms with Crippen LogP contribution in [0.15, 0.2) is 70.9 Å². The Bertz CT molecular complexity index is 1620. The van der Waals surface area contributed by atoms with E-state index in [0.29, 0.717) is 46.7 Å². The van der Waals surface area contributed by atoms with Crippen LogP contribution in [0.5, 0.6) is 0 Å². The Kier molecular flexibility index (Phi) is 9.23. The lowest BCUT2D eigenvalue weighted by molar-refractivity contribution is -0.148. The monoisotopic (exact) mass is 654 g/mol. The average Bonchev–Trinajstić information content (AvgIpc) is 3.48.